The van der Waals surface area contributed by atoms with Crippen LogP contribution in [0.3, 0.4) is 0 Å². The monoisotopic (exact) mass is 219 g/mol. The van der Waals surface area contributed by atoms with E-state index in [1.165, 1.54) is 6.92 Å². The van der Waals surface area contributed by atoms with E-state index in [2.05, 4.69) is 4.74 Å². The quantitative estimate of drug-likeness (QED) is 0.485. The zero-order chi connectivity index (χ0) is 12.0. The van der Waals surface area contributed by atoms with Gasteiger partial charge in [-0.05, 0) is 6.92 Å². The van der Waals surface area contributed by atoms with Gasteiger partial charge >= 0.3 is 11.9 Å². The molecule has 0 heterocycles. The summed E-state index contributed by atoms with van der Waals surface area (Å²) in [4.78, 5) is 32.1. The van der Waals surface area contributed by atoms with Crippen LogP contribution in [0.1, 0.15) is 13.8 Å². The number of hydrogen-bond donors (Lipinski definition) is 3. The highest BCUT2D eigenvalue weighted by Gasteiger charge is 2.23. The maximum absolute atomic E-state index is 11.2. The first-order valence-electron chi connectivity index (χ1n) is 4.19. The fraction of sp³-hybridized carbons (Fsp3) is 0.625. The molecule has 1 unspecified atom stereocenters. The Bertz CT molecular complexity index is 264. The Morgan fingerprint density at radius 3 is 2.27 bits per heavy atom. The van der Waals surface area contributed by atoms with Gasteiger partial charge in [-0.15, -0.1) is 0 Å². The van der Waals surface area contributed by atoms with Crippen molar-refractivity contribution in [1.29, 1.82) is 0 Å². The first-order chi connectivity index (χ1) is 6.88. The highest BCUT2D eigenvalue weighted by Crippen LogP contribution is 1.93. The molecular weight excluding hydrogens is 206 g/mol. The van der Waals surface area contributed by atoms with Gasteiger partial charge in [0.15, 0.2) is 6.10 Å². The van der Waals surface area contributed by atoms with Gasteiger partial charge < -0.3 is 20.3 Å². The Hall–Kier alpha value is -1.63. The van der Waals surface area contributed by atoms with Crippen LogP contribution in [0, 0.1) is 0 Å². The molecule has 0 aliphatic carbocycles. The Balaban J connectivity index is 4.21. The molecule has 0 radical (unpaired) electrons. The summed E-state index contributed by atoms with van der Waals surface area (Å²) in [6.07, 6.45) is -1.09. The van der Waals surface area contributed by atoms with E-state index < -0.39 is 36.6 Å². The smallest absolute Gasteiger partial charge is 0.328 e. The summed E-state index contributed by atoms with van der Waals surface area (Å²) in [6, 6.07) is -1.39. The molecule has 0 aromatic carbocycles. The summed E-state index contributed by atoms with van der Waals surface area (Å²) in [5.74, 6) is -2.78. The second-order valence-corrected chi connectivity index (χ2v) is 2.83. The minimum atomic E-state index is -1.39. The van der Waals surface area contributed by atoms with Gasteiger partial charge in [0.2, 0.25) is 0 Å². The van der Waals surface area contributed by atoms with Crippen LogP contribution < -0.4 is 5.32 Å². The lowest BCUT2D eigenvalue weighted by Crippen LogP contribution is -2.47. The molecule has 0 aliphatic rings. The standard InChI is InChI=1S/C8H13NO6/c1-4(15-5(2)11)7(12)9-6(3-10)8(13)14/h4,6,10H,3H2,1-2H3,(H,9,12)(H,13,14)/t4?,6-/m0/s1. The third-order valence-corrected chi connectivity index (χ3v) is 1.51. The highest BCUT2D eigenvalue weighted by atomic mass is 16.5. The molecule has 7 heteroatoms. The average Bonchev–Trinajstić information content (AvgIpc) is 2.11. The van der Waals surface area contributed by atoms with Gasteiger partial charge in [0.05, 0.1) is 6.61 Å². The number of aliphatic hydroxyl groups excluding tert-OH is 1. The zero-order valence-electron chi connectivity index (χ0n) is 8.39. The van der Waals surface area contributed by atoms with Crippen LogP contribution in [0.2, 0.25) is 0 Å². The molecule has 0 aromatic heterocycles. The van der Waals surface area contributed by atoms with Crippen molar-refractivity contribution >= 4 is 17.8 Å². The van der Waals surface area contributed by atoms with E-state index in [9.17, 15) is 14.4 Å². The van der Waals surface area contributed by atoms with Gasteiger partial charge in [-0.3, -0.25) is 9.59 Å². The Morgan fingerprint density at radius 2 is 1.93 bits per heavy atom. The molecule has 1 amide bonds. The molecule has 0 spiro atoms. The van der Waals surface area contributed by atoms with E-state index in [-0.39, 0.29) is 0 Å². The van der Waals surface area contributed by atoms with E-state index in [1.54, 1.807) is 0 Å². The molecule has 15 heavy (non-hydrogen) atoms. The molecule has 0 aromatic rings. The number of esters is 1. The van der Waals surface area contributed by atoms with Crippen molar-refractivity contribution in [2.75, 3.05) is 6.61 Å². The van der Waals surface area contributed by atoms with E-state index >= 15 is 0 Å². The van der Waals surface area contributed by atoms with Crippen molar-refractivity contribution in [1.82, 2.24) is 5.32 Å². The maximum Gasteiger partial charge on any atom is 0.328 e. The Labute approximate surface area is 86.0 Å². The largest absolute Gasteiger partial charge is 0.480 e. The van der Waals surface area contributed by atoms with E-state index in [4.69, 9.17) is 10.2 Å². The number of nitrogens with one attached hydrogen (secondary N) is 1. The summed E-state index contributed by atoms with van der Waals surface area (Å²) >= 11 is 0. The van der Waals surface area contributed by atoms with Crippen molar-refractivity contribution in [2.45, 2.75) is 26.0 Å². The molecule has 0 saturated heterocycles. The van der Waals surface area contributed by atoms with Crippen LogP contribution in [-0.4, -0.2) is 46.8 Å². The zero-order valence-corrected chi connectivity index (χ0v) is 8.39. The number of carboxylic acids is 1. The third kappa shape index (κ3) is 4.96. The van der Waals surface area contributed by atoms with Crippen LogP contribution in [0.25, 0.3) is 0 Å². The Kier molecular flexibility index (Phi) is 5.32. The van der Waals surface area contributed by atoms with Crippen LogP contribution in [0.5, 0.6) is 0 Å². The number of hydrogen-bond acceptors (Lipinski definition) is 5. The van der Waals surface area contributed by atoms with Gasteiger partial charge in [-0.2, -0.15) is 0 Å². The molecule has 2 atom stereocenters. The predicted octanol–water partition coefficient (Wildman–Crippen LogP) is -1.50. The number of aliphatic carboxylic acids is 1. The van der Waals surface area contributed by atoms with E-state index in [0.717, 1.165) is 6.92 Å². The van der Waals surface area contributed by atoms with Crippen molar-refractivity contribution in [3.05, 3.63) is 0 Å². The van der Waals surface area contributed by atoms with Crippen LogP contribution in [-0.2, 0) is 19.1 Å². The molecule has 86 valence electrons. The second-order valence-electron chi connectivity index (χ2n) is 2.83. The minimum Gasteiger partial charge on any atom is -0.480 e. The fourth-order valence-corrected chi connectivity index (χ4v) is 0.777. The summed E-state index contributed by atoms with van der Waals surface area (Å²) in [6.45, 7) is 1.70. The lowest BCUT2D eigenvalue weighted by molar-refractivity contribution is -0.154. The predicted molar refractivity (Wildman–Crippen MR) is 47.9 cm³/mol. The number of aliphatic hydroxyl groups is 1. The lowest BCUT2D eigenvalue weighted by atomic mass is 10.3. The molecule has 0 saturated carbocycles. The molecule has 0 bridgehead atoms. The number of carbonyl (C=O) groups is 3. The number of rotatable bonds is 5. The maximum atomic E-state index is 11.2. The van der Waals surface area contributed by atoms with E-state index in [1.807, 2.05) is 5.32 Å². The number of carbonyl (C=O) groups excluding carboxylic acids is 2. The van der Waals surface area contributed by atoms with Gasteiger partial charge in [0.25, 0.3) is 5.91 Å². The molecule has 0 aliphatic heterocycles. The summed E-state index contributed by atoms with van der Waals surface area (Å²) in [5.41, 5.74) is 0. The third-order valence-electron chi connectivity index (χ3n) is 1.51. The van der Waals surface area contributed by atoms with Crippen LogP contribution in [0.15, 0.2) is 0 Å². The van der Waals surface area contributed by atoms with Gasteiger partial charge in [0, 0.05) is 6.92 Å². The lowest BCUT2D eigenvalue weighted by Gasteiger charge is -2.15. The Morgan fingerprint density at radius 1 is 1.40 bits per heavy atom. The number of amides is 1. The minimum absolute atomic E-state index is 0.645. The molecule has 7 nitrogen and oxygen atoms in total. The van der Waals surface area contributed by atoms with Crippen molar-refractivity contribution in [3.8, 4) is 0 Å². The molecule has 3 N–H and O–H groups in total. The topological polar surface area (TPSA) is 113 Å². The second kappa shape index (κ2) is 5.97. The summed E-state index contributed by atoms with van der Waals surface area (Å²) < 4.78 is 4.51. The van der Waals surface area contributed by atoms with Gasteiger partial charge in [-0.25, -0.2) is 4.79 Å². The van der Waals surface area contributed by atoms with Gasteiger partial charge in [0.1, 0.15) is 6.04 Å². The van der Waals surface area contributed by atoms with E-state index in [0.29, 0.717) is 0 Å². The fourth-order valence-electron chi connectivity index (χ4n) is 0.777. The highest BCUT2D eigenvalue weighted by molar-refractivity contribution is 5.87. The summed E-state index contributed by atoms with van der Waals surface area (Å²) in [7, 11) is 0. The van der Waals surface area contributed by atoms with Crippen LogP contribution >= 0.6 is 0 Å². The normalized spacial score (nSPS) is 13.8. The number of carboxylic acid groups (broad SMARTS) is 1. The van der Waals surface area contributed by atoms with Crippen molar-refractivity contribution in [2.24, 2.45) is 0 Å². The van der Waals surface area contributed by atoms with Crippen molar-refractivity contribution in [3.63, 3.8) is 0 Å². The number of ether oxygens (including phenoxy) is 1. The van der Waals surface area contributed by atoms with Crippen LogP contribution in [0.4, 0.5) is 0 Å². The van der Waals surface area contributed by atoms with Gasteiger partial charge in [-0.1, -0.05) is 0 Å². The first kappa shape index (κ1) is 13.4. The average molecular weight is 219 g/mol. The SMILES string of the molecule is CC(=O)OC(C)C(=O)N[C@@H](CO)C(=O)O. The summed E-state index contributed by atoms with van der Waals surface area (Å²) in [5, 5.41) is 19.1. The molecule has 0 rings (SSSR count). The van der Waals surface area contributed by atoms with Crippen molar-refractivity contribution < 1.29 is 29.3 Å². The molecular formula is C8H13NO6. The molecule has 0 fully saturated rings. The first-order valence-corrected chi connectivity index (χ1v) is 4.19.